The number of hydrogen-bond donors (Lipinski definition) is 2. The Hall–Kier alpha value is -0.770. The van der Waals surface area contributed by atoms with Crippen LogP contribution < -0.4 is 5.73 Å². The molecule has 66 valence electrons. The molecule has 0 unspecified atom stereocenters. The number of nitrogens with two attached hydrogens (primary N) is 1. The molecule has 4 heteroatoms. The summed E-state index contributed by atoms with van der Waals surface area (Å²) in [7, 11) is 1.54. The van der Waals surface area contributed by atoms with Crippen LogP contribution in [0.5, 0.6) is 0 Å². The number of nitrogens with zero attached hydrogens (tertiary/aromatic N) is 1. The third-order valence-corrected chi connectivity index (χ3v) is 1.54. The zero-order valence-corrected chi connectivity index (χ0v) is 7.29. The van der Waals surface area contributed by atoms with Gasteiger partial charge in [-0.05, 0) is 12.0 Å². The Balaban J connectivity index is 3.93. The van der Waals surface area contributed by atoms with E-state index in [0.717, 1.165) is 0 Å². The third kappa shape index (κ3) is 3.83. The highest BCUT2D eigenvalue weighted by molar-refractivity contribution is 5.64. The van der Waals surface area contributed by atoms with Gasteiger partial charge in [-0.15, -0.1) is 0 Å². The van der Waals surface area contributed by atoms with Crippen molar-refractivity contribution >= 4 is 6.09 Å². The molecule has 0 saturated heterocycles. The molecule has 3 N–H and O–H groups in total. The predicted molar refractivity (Wildman–Crippen MR) is 43.5 cm³/mol. The van der Waals surface area contributed by atoms with Gasteiger partial charge < -0.3 is 15.7 Å². The summed E-state index contributed by atoms with van der Waals surface area (Å²) < 4.78 is 0. The fraction of sp³-hybridized carbons (Fsp3) is 0.857. The maximum atomic E-state index is 10.4. The van der Waals surface area contributed by atoms with Gasteiger partial charge in [-0.2, -0.15) is 0 Å². The van der Waals surface area contributed by atoms with Gasteiger partial charge in [0, 0.05) is 13.6 Å². The maximum Gasteiger partial charge on any atom is 0.407 e. The van der Waals surface area contributed by atoms with Crippen molar-refractivity contribution in [1.82, 2.24) is 4.90 Å². The van der Waals surface area contributed by atoms with Crippen LogP contribution in [0.3, 0.4) is 0 Å². The highest BCUT2D eigenvalue weighted by atomic mass is 16.4. The van der Waals surface area contributed by atoms with Crippen LogP contribution in [-0.2, 0) is 0 Å². The normalized spacial score (nSPS) is 11.3. The third-order valence-electron chi connectivity index (χ3n) is 1.54. The summed E-state index contributed by atoms with van der Waals surface area (Å²) in [6.45, 7) is 4.84. The Labute approximate surface area is 67.0 Å². The smallest absolute Gasteiger partial charge is 0.407 e. The summed E-state index contributed by atoms with van der Waals surface area (Å²) >= 11 is 0. The SMILES string of the molecule is CN(CC(C)(C)CN)C(=O)O. The summed E-state index contributed by atoms with van der Waals surface area (Å²) in [6, 6.07) is 0. The summed E-state index contributed by atoms with van der Waals surface area (Å²) in [6.07, 6.45) is -0.911. The second-order valence-electron chi connectivity index (χ2n) is 3.51. The average Bonchev–Trinajstić information content (AvgIpc) is 1.87. The molecule has 0 spiro atoms. The Morgan fingerprint density at radius 2 is 2.09 bits per heavy atom. The molecule has 4 nitrogen and oxygen atoms in total. The first-order valence-corrected chi connectivity index (χ1v) is 3.53. The minimum absolute atomic E-state index is 0.132. The highest BCUT2D eigenvalue weighted by Crippen LogP contribution is 2.13. The van der Waals surface area contributed by atoms with Crippen LogP contribution in [-0.4, -0.2) is 36.2 Å². The molecule has 0 aliphatic heterocycles. The molecule has 0 radical (unpaired) electrons. The molecular weight excluding hydrogens is 144 g/mol. The molecule has 0 heterocycles. The molecule has 0 aromatic heterocycles. The predicted octanol–water partition coefficient (Wildman–Crippen LogP) is 0.581. The summed E-state index contributed by atoms with van der Waals surface area (Å²) in [5.41, 5.74) is 5.30. The molecule has 0 aromatic carbocycles. The lowest BCUT2D eigenvalue weighted by Gasteiger charge is -2.26. The van der Waals surface area contributed by atoms with Crippen molar-refractivity contribution in [2.75, 3.05) is 20.1 Å². The molecule has 0 aliphatic rings. The average molecular weight is 160 g/mol. The summed E-state index contributed by atoms with van der Waals surface area (Å²) in [5.74, 6) is 0. The van der Waals surface area contributed by atoms with Crippen molar-refractivity contribution in [2.45, 2.75) is 13.8 Å². The molecule has 11 heavy (non-hydrogen) atoms. The standard InChI is InChI=1S/C7H16N2O2/c1-7(2,4-8)5-9(3)6(10)11/h4-5,8H2,1-3H3,(H,10,11). The maximum absolute atomic E-state index is 10.4. The van der Waals surface area contributed by atoms with Gasteiger partial charge in [-0.1, -0.05) is 13.8 Å². The zero-order chi connectivity index (χ0) is 9.07. The van der Waals surface area contributed by atoms with E-state index in [4.69, 9.17) is 10.8 Å². The van der Waals surface area contributed by atoms with E-state index in [-0.39, 0.29) is 5.41 Å². The van der Waals surface area contributed by atoms with Gasteiger partial charge in [0.1, 0.15) is 0 Å². The zero-order valence-electron chi connectivity index (χ0n) is 7.29. The van der Waals surface area contributed by atoms with E-state index in [1.54, 1.807) is 7.05 Å². The van der Waals surface area contributed by atoms with Crippen LogP contribution in [0.25, 0.3) is 0 Å². The number of carbonyl (C=O) groups is 1. The van der Waals surface area contributed by atoms with Crippen molar-refractivity contribution in [3.8, 4) is 0 Å². The van der Waals surface area contributed by atoms with Gasteiger partial charge in [-0.25, -0.2) is 4.79 Å². The van der Waals surface area contributed by atoms with E-state index in [1.165, 1.54) is 4.90 Å². The van der Waals surface area contributed by atoms with Gasteiger partial charge in [0.05, 0.1) is 0 Å². The molecule has 0 fully saturated rings. The largest absolute Gasteiger partial charge is 0.465 e. The van der Waals surface area contributed by atoms with Gasteiger partial charge in [0.25, 0.3) is 0 Å². The number of hydrogen-bond acceptors (Lipinski definition) is 2. The van der Waals surface area contributed by atoms with Crippen LogP contribution in [0, 0.1) is 5.41 Å². The molecule has 0 atom stereocenters. The second kappa shape index (κ2) is 3.57. The topological polar surface area (TPSA) is 66.6 Å². The van der Waals surface area contributed by atoms with Crippen LogP contribution in [0.2, 0.25) is 0 Å². The summed E-state index contributed by atoms with van der Waals surface area (Å²) in [4.78, 5) is 11.6. The van der Waals surface area contributed by atoms with E-state index >= 15 is 0 Å². The number of rotatable bonds is 3. The van der Waals surface area contributed by atoms with Gasteiger partial charge in [0.15, 0.2) is 0 Å². The molecule has 1 amide bonds. The molecular formula is C7H16N2O2. The van der Waals surface area contributed by atoms with Gasteiger partial charge in [-0.3, -0.25) is 0 Å². The van der Waals surface area contributed by atoms with E-state index in [9.17, 15) is 4.79 Å². The monoisotopic (exact) mass is 160 g/mol. The fourth-order valence-electron chi connectivity index (χ4n) is 0.774. The van der Waals surface area contributed by atoms with E-state index in [2.05, 4.69) is 0 Å². The first kappa shape index (κ1) is 10.2. The molecule has 0 bridgehead atoms. The van der Waals surface area contributed by atoms with Crippen LogP contribution in [0.1, 0.15) is 13.8 Å². The Bertz CT molecular complexity index is 145. The fourth-order valence-corrected chi connectivity index (χ4v) is 0.774. The van der Waals surface area contributed by atoms with E-state index in [1.807, 2.05) is 13.8 Å². The van der Waals surface area contributed by atoms with Crippen LogP contribution >= 0.6 is 0 Å². The van der Waals surface area contributed by atoms with Crippen molar-refractivity contribution in [1.29, 1.82) is 0 Å². The van der Waals surface area contributed by atoms with Crippen molar-refractivity contribution in [3.63, 3.8) is 0 Å². The van der Waals surface area contributed by atoms with E-state index in [0.29, 0.717) is 13.1 Å². The Kier molecular flexibility index (Phi) is 3.32. The lowest BCUT2D eigenvalue weighted by atomic mass is 9.93. The lowest BCUT2D eigenvalue weighted by molar-refractivity contribution is 0.137. The number of amides is 1. The molecule has 0 saturated carbocycles. The quantitative estimate of drug-likeness (QED) is 0.634. The van der Waals surface area contributed by atoms with Crippen molar-refractivity contribution in [2.24, 2.45) is 11.1 Å². The summed E-state index contributed by atoms with van der Waals surface area (Å²) in [5, 5.41) is 8.53. The second-order valence-corrected chi connectivity index (χ2v) is 3.51. The molecule has 0 rings (SSSR count). The van der Waals surface area contributed by atoms with Gasteiger partial charge in [0.2, 0.25) is 0 Å². The van der Waals surface area contributed by atoms with Crippen LogP contribution in [0.15, 0.2) is 0 Å². The minimum Gasteiger partial charge on any atom is -0.465 e. The molecule has 0 aromatic rings. The first-order valence-electron chi connectivity index (χ1n) is 3.53. The first-order chi connectivity index (χ1) is 4.89. The van der Waals surface area contributed by atoms with Crippen LogP contribution in [0.4, 0.5) is 4.79 Å². The van der Waals surface area contributed by atoms with Gasteiger partial charge >= 0.3 is 6.09 Å². The Morgan fingerprint density at radius 3 is 2.36 bits per heavy atom. The van der Waals surface area contributed by atoms with Crippen molar-refractivity contribution < 1.29 is 9.90 Å². The Morgan fingerprint density at radius 1 is 1.64 bits per heavy atom. The van der Waals surface area contributed by atoms with Crippen molar-refractivity contribution in [3.05, 3.63) is 0 Å². The minimum atomic E-state index is -0.911. The number of carboxylic acid groups (broad SMARTS) is 1. The highest BCUT2D eigenvalue weighted by Gasteiger charge is 2.20. The molecule has 0 aliphatic carbocycles. The lowest BCUT2D eigenvalue weighted by Crippen LogP contribution is -2.39. The van der Waals surface area contributed by atoms with E-state index < -0.39 is 6.09 Å².